The van der Waals surface area contributed by atoms with Gasteiger partial charge in [0.1, 0.15) is 11.6 Å². The van der Waals surface area contributed by atoms with Gasteiger partial charge in [0, 0.05) is 25.1 Å². The lowest BCUT2D eigenvalue weighted by Crippen LogP contribution is -2.34. The van der Waals surface area contributed by atoms with Gasteiger partial charge in [-0.05, 0) is 12.1 Å². The fourth-order valence-corrected chi connectivity index (χ4v) is 1.74. The summed E-state index contributed by atoms with van der Waals surface area (Å²) in [7, 11) is 0. The van der Waals surface area contributed by atoms with Crippen molar-refractivity contribution in [2.75, 3.05) is 6.54 Å². The van der Waals surface area contributed by atoms with Crippen LogP contribution in [0.4, 0.5) is 8.78 Å². The molecule has 0 bridgehead atoms. The van der Waals surface area contributed by atoms with Crippen LogP contribution in [0.2, 0.25) is 0 Å². The molecule has 1 aromatic carbocycles. The van der Waals surface area contributed by atoms with Crippen molar-refractivity contribution in [2.24, 2.45) is 5.73 Å². The summed E-state index contributed by atoms with van der Waals surface area (Å²) < 4.78 is 26.0. The Hall–Kier alpha value is -1.82. The highest BCUT2D eigenvalue weighted by Gasteiger charge is 2.33. The molecule has 1 atom stereocenters. The lowest BCUT2D eigenvalue weighted by Gasteiger charge is -2.14. The smallest absolute Gasteiger partial charge is 0.263 e. The molecule has 0 aliphatic carbocycles. The lowest BCUT2D eigenvalue weighted by atomic mass is 10.2. The maximum atomic E-state index is 13.3. The van der Waals surface area contributed by atoms with Crippen LogP contribution < -0.4 is 5.73 Å². The number of carbonyl (C=O) groups is 2. The van der Waals surface area contributed by atoms with Crippen LogP contribution >= 0.6 is 0 Å². The maximum absolute atomic E-state index is 13.3. The number of benzene rings is 1. The summed E-state index contributed by atoms with van der Waals surface area (Å²) in [6.07, 6.45) is 0.0640. The molecule has 1 aliphatic rings. The van der Waals surface area contributed by atoms with Crippen molar-refractivity contribution >= 4 is 11.8 Å². The minimum absolute atomic E-state index is 0.0640. The van der Waals surface area contributed by atoms with E-state index in [0.29, 0.717) is 6.07 Å². The predicted octanol–water partition coefficient (Wildman–Crippen LogP) is 0.665. The summed E-state index contributed by atoms with van der Waals surface area (Å²) in [6, 6.07) is 2.17. The molecule has 1 aromatic rings. The molecule has 1 unspecified atom stereocenters. The monoisotopic (exact) mass is 240 g/mol. The van der Waals surface area contributed by atoms with Gasteiger partial charge < -0.3 is 5.73 Å². The Balaban J connectivity index is 2.28. The van der Waals surface area contributed by atoms with Crippen LogP contribution in [0, 0.1) is 11.6 Å². The van der Waals surface area contributed by atoms with Gasteiger partial charge in [-0.25, -0.2) is 8.78 Å². The molecule has 0 saturated carbocycles. The SMILES string of the molecule is NC1CC(=O)N(C(=O)c2ccc(F)cc2F)C1. The van der Waals surface area contributed by atoms with E-state index in [4.69, 9.17) is 5.73 Å². The fraction of sp³-hybridized carbons (Fsp3) is 0.273. The first-order chi connectivity index (χ1) is 7.99. The molecule has 2 amide bonds. The first-order valence-electron chi connectivity index (χ1n) is 5.04. The number of imide groups is 1. The van der Waals surface area contributed by atoms with Crippen LogP contribution in [-0.4, -0.2) is 29.3 Å². The van der Waals surface area contributed by atoms with E-state index >= 15 is 0 Å². The molecule has 0 aromatic heterocycles. The molecule has 6 heteroatoms. The number of nitrogens with two attached hydrogens (primary N) is 1. The second-order valence-electron chi connectivity index (χ2n) is 3.90. The molecule has 1 saturated heterocycles. The van der Waals surface area contributed by atoms with Crippen LogP contribution in [0.15, 0.2) is 18.2 Å². The Kier molecular flexibility index (Phi) is 2.89. The number of halogens is 2. The van der Waals surface area contributed by atoms with Gasteiger partial charge >= 0.3 is 0 Å². The van der Waals surface area contributed by atoms with Gasteiger partial charge in [0.15, 0.2) is 0 Å². The van der Waals surface area contributed by atoms with Gasteiger partial charge in [-0.2, -0.15) is 0 Å². The summed E-state index contributed by atoms with van der Waals surface area (Å²) in [5.41, 5.74) is 5.20. The van der Waals surface area contributed by atoms with E-state index in [-0.39, 0.29) is 18.5 Å². The standard InChI is InChI=1S/C11H10F2N2O2/c12-6-1-2-8(9(13)3-6)11(17)15-5-7(14)4-10(15)16/h1-3,7H,4-5,14H2. The van der Waals surface area contributed by atoms with Crippen LogP contribution in [0.5, 0.6) is 0 Å². The molecule has 0 radical (unpaired) electrons. The van der Waals surface area contributed by atoms with Crippen LogP contribution in [0.3, 0.4) is 0 Å². The van der Waals surface area contributed by atoms with E-state index in [2.05, 4.69) is 0 Å². The van der Waals surface area contributed by atoms with Gasteiger partial charge in [0.05, 0.1) is 5.56 Å². The Morgan fingerprint density at radius 3 is 2.65 bits per heavy atom. The Labute approximate surface area is 96.0 Å². The summed E-state index contributed by atoms with van der Waals surface area (Å²) in [5.74, 6) is -2.97. The van der Waals surface area contributed by atoms with E-state index in [1.165, 1.54) is 0 Å². The predicted molar refractivity (Wildman–Crippen MR) is 55.0 cm³/mol. The first kappa shape index (κ1) is 11.7. The number of hydrogen-bond acceptors (Lipinski definition) is 3. The highest BCUT2D eigenvalue weighted by Crippen LogP contribution is 2.17. The molecule has 1 heterocycles. The van der Waals surface area contributed by atoms with E-state index < -0.39 is 29.5 Å². The van der Waals surface area contributed by atoms with Crippen molar-refractivity contribution in [1.29, 1.82) is 0 Å². The van der Waals surface area contributed by atoms with Crippen molar-refractivity contribution < 1.29 is 18.4 Å². The van der Waals surface area contributed by atoms with E-state index in [1.54, 1.807) is 0 Å². The highest BCUT2D eigenvalue weighted by molar-refractivity contribution is 6.06. The number of nitrogens with zero attached hydrogens (tertiary/aromatic N) is 1. The van der Waals surface area contributed by atoms with Gasteiger partial charge in [-0.15, -0.1) is 0 Å². The topological polar surface area (TPSA) is 63.4 Å². The van der Waals surface area contributed by atoms with Gasteiger partial charge in [0.25, 0.3) is 5.91 Å². The largest absolute Gasteiger partial charge is 0.326 e. The average Bonchev–Trinajstić information content (AvgIpc) is 2.57. The van der Waals surface area contributed by atoms with Gasteiger partial charge in [0.2, 0.25) is 5.91 Å². The number of hydrogen-bond donors (Lipinski definition) is 1. The number of rotatable bonds is 1. The second kappa shape index (κ2) is 4.21. The summed E-state index contributed by atoms with van der Waals surface area (Å²) in [6.45, 7) is 0.0640. The molecule has 2 rings (SSSR count). The van der Waals surface area contributed by atoms with Crippen molar-refractivity contribution in [1.82, 2.24) is 4.90 Å². The first-order valence-corrected chi connectivity index (χ1v) is 5.04. The minimum Gasteiger partial charge on any atom is -0.326 e. The van der Waals surface area contributed by atoms with Crippen molar-refractivity contribution in [3.8, 4) is 0 Å². The van der Waals surface area contributed by atoms with E-state index in [1.807, 2.05) is 0 Å². The maximum Gasteiger partial charge on any atom is 0.263 e. The number of amides is 2. The normalized spacial score (nSPS) is 19.8. The van der Waals surface area contributed by atoms with Crippen LogP contribution in [0.1, 0.15) is 16.8 Å². The average molecular weight is 240 g/mol. The zero-order valence-corrected chi connectivity index (χ0v) is 8.82. The number of likely N-dealkylation sites (tertiary alicyclic amines) is 1. The molecule has 1 aliphatic heterocycles. The third-order valence-corrected chi connectivity index (χ3v) is 2.56. The third kappa shape index (κ3) is 2.16. The third-order valence-electron chi connectivity index (χ3n) is 2.56. The van der Waals surface area contributed by atoms with E-state index in [0.717, 1.165) is 17.0 Å². The zero-order valence-electron chi connectivity index (χ0n) is 8.82. The number of carbonyl (C=O) groups excluding carboxylic acids is 2. The van der Waals surface area contributed by atoms with Crippen LogP contribution in [0.25, 0.3) is 0 Å². The Morgan fingerprint density at radius 1 is 1.41 bits per heavy atom. The molecular weight excluding hydrogens is 230 g/mol. The summed E-state index contributed by atoms with van der Waals surface area (Å²) >= 11 is 0. The Morgan fingerprint density at radius 2 is 2.12 bits per heavy atom. The lowest BCUT2D eigenvalue weighted by molar-refractivity contribution is -0.125. The minimum atomic E-state index is -0.983. The van der Waals surface area contributed by atoms with E-state index in [9.17, 15) is 18.4 Å². The summed E-state index contributed by atoms with van der Waals surface area (Å²) in [4.78, 5) is 24.1. The molecule has 1 fully saturated rings. The molecule has 2 N–H and O–H groups in total. The molecule has 0 spiro atoms. The van der Waals surface area contributed by atoms with Gasteiger partial charge in [-0.3, -0.25) is 14.5 Å². The van der Waals surface area contributed by atoms with Gasteiger partial charge in [-0.1, -0.05) is 0 Å². The Bertz CT molecular complexity index is 490. The van der Waals surface area contributed by atoms with Crippen molar-refractivity contribution in [3.05, 3.63) is 35.4 Å². The molecule has 4 nitrogen and oxygen atoms in total. The fourth-order valence-electron chi connectivity index (χ4n) is 1.74. The molecule has 90 valence electrons. The quantitative estimate of drug-likeness (QED) is 0.733. The van der Waals surface area contributed by atoms with Crippen molar-refractivity contribution in [3.63, 3.8) is 0 Å². The van der Waals surface area contributed by atoms with Crippen molar-refractivity contribution in [2.45, 2.75) is 12.5 Å². The summed E-state index contributed by atoms with van der Waals surface area (Å²) in [5, 5.41) is 0. The van der Waals surface area contributed by atoms with Crippen LogP contribution in [-0.2, 0) is 4.79 Å². The molecular formula is C11H10F2N2O2. The zero-order chi connectivity index (χ0) is 12.6. The molecule has 17 heavy (non-hydrogen) atoms. The second-order valence-corrected chi connectivity index (χ2v) is 3.90. The highest BCUT2D eigenvalue weighted by atomic mass is 19.1.